The monoisotopic (exact) mass is 316 g/mol. The molecule has 1 fully saturated rings. The number of hydrogen-bond acceptors (Lipinski definition) is 3. The Bertz CT molecular complexity index is 682. The van der Waals surface area contributed by atoms with Gasteiger partial charge >= 0.3 is 0 Å². The third kappa shape index (κ3) is 3.27. The summed E-state index contributed by atoms with van der Waals surface area (Å²) in [5, 5.41) is 4.23. The number of nitrogens with two attached hydrogens (primary N) is 1. The van der Waals surface area contributed by atoms with Gasteiger partial charge in [-0.05, 0) is 43.1 Å². The molecule has 0 radical (unpaired) electrons. The molecule has 5 nitrogen and oxygen atoms in total. The second-order valence-corrected chi connectivity index (χ2v) is 6.07. The molecule has 3 rings (SSSR count). The van der Waals surface area contributed by atoms with E-state index in [0.717, 1.165) is 37.2 Å². The van der Waals surface area contributed by atoms with Gasteiger partial charge in [0.15, 0.2) is 0 Å². The predicted octanol–water partition coefficient (Wildman–Crippen LogP) is 1.97. The fraction of sp³-hybridized carbons (Fsp3) is 0.412. The summed E-state index contributed by atoms with van der Waals surface area (Å²) in [6.07, 6.45) is 3.84. The summed E-state index contributed by atoms with van der Waals surface area (Å²) in [6.45, 7) is 1.55. The molecule has 0 saturated carbocycles. The van der Waals surface area contributed by atoms with Crippen LogP contribution in [-0.4, -0.2) is 33.7 Å². The van der Waals surface area contributed by atoms with E-state index < -0.39 is 11.9 Å². The summed E-state index contributed by atoms with van der Waals surface area (Å²) < 4.78 is 15.0. The molecular weight excluding hydrogens is 295 g/mol. The Hall–Kier alpha value is -2.21. The van der Waals surface area contributed by atoms with E-state index >= 15 is 0 Å². The second kappa shape index (κ2) is 6.50. The Morgan fingerprint density at radius 1 is 1.35 bits per heavy atom. The van der Waals surface area contributed by atoms with Gasteiger partial charge in [0.05, 0.1) is 0 Å². The number of benzene rings is 1. The summed E-state index contributed by atoms with van der Waals surface area (Å²) in [5.41, 5.74) is 7.54. The van der Waals surface area contributed by atoms with Gasteiger partial charge in [-0.1, -0.05) is 12.1 Å². The zero-order valence-corrected chi connectivity index (χ0v) is 13.2. The minimum absolute atomic E-state index is 0.316. The van der Waals surface area contributed by atoms with Gasteiger partial charge in [0.25, 0.3) is 0 Å². The molecule has 2 heterocycles. The van der Waals surface area contributed by atoms with Gasteiger partial charge in [0.2, 0.25) is 5.91 Å². The van der Waals surface area contributed by atoms with E-state index in [4.69, 9.17) is 5.73 Å². The van der Waals surface area contributed by atoms with Crippen molar-refractivity contribution in [2.75, 3.05) is 13.1 Å². The lowest BCUT2D eigenvalue weighted by Crippen LogP contribution is -2.43. The molecule has 6 heteroatoms. The van der Waals surface area contributed by atoms with Crippen molar-refractivity contribution < 1.29 is 9.18 Å². The maximum Gasteiger partial charge on any atom is 0.239 e. The van der Waals surface area contributed by atoms with Crippen LogP contribution in [-0.2, 0) is 11.8 Å². The molecule has 1 amide bonds. The number of primary amides is 1. The molecule has 2 atom stereocenters. The highest BCUT2D eigenvalue weighted by atomic mass is 19.1. The molecule has 0 spiro atoms. The lowest BCUT2D eigenvalue weighted by atomic mass is 9.92. The zero-order chi connectivity index (χ0) is 16.4. The van der Waals surface area contributed by atoms with Gasteiger partial charge < -0.3 is 5.73 Å². The van der Waals surface area contributed by atoms with Crippen molar-refractivity contribution in [3.05, 3.63) is 53.6 Å². The van der Waals surface area contributed by atoms with E-state index in [9.17, 15) is 9.18 Å². The van der Waals surface area contributed by atoms with Crippen LogP contribution in [0.3, 0.4) is 0 Å². The molecule has 1 aromatic carbocycles. The van der Waals surface area contributed by atoms with Crippen LogP contribution in [0.2, 0.25) is 0 Å². The topological polar surface area (TPSA) is 64.2 Å². The summed E-state index contributed by atoms with van der Waals surface area (Å²) in [4.78, 5) is 14.1. The smallest absolute Gasteiger partial charge is 0.239 e. The fourth-order valence-electron chi connectivity index (χ4n) is 3.47. The third-order valence-corrected chi connectivity index (χ3v) is 4.55. The number of hydrogen-bond donors (Lipinski definition) is 1. The minimum atomic E-state index is -0.522. The van der Waals surface area contributed by atoms with Crippen LogP contribution >= 0.6 is 0 Å². The lowest BCUT2D eigenvalue weighted by molar-refractivity contribution is -0.124. The highest BCUT2D eigenvalue weighted by Gasteiger charge is 2.31. The van der Waals surface area contributed by atoms with E-state index in [1.54, 1.807) is 18.3 Å². The van der Waals surface area contributed by atoms with Crippen LogP contribution in [0.15, 0.2) is 36.5 Å². The summed E-state index contributed by atoms with van der Waals surface area (Å²) in [6, 6.07) is 7.51. The molecule has 2 aromatic rings. The average molecular weight is 316 g/mol. The first-order chi connectivity index (χ1) is 11.1. The van der Waals surface area contributed by atoms with E-state index in [1.807, 2.05) is 17.8 Å². The number of aromatic nitrogens is 2. The SMILES string of the molecule is Cn1nccc1[C@@H]1CCCN([C@@H](C(N)=O)c2ccc(F)cc2)C1. The number of piperidine rings is 1. The number of nitrogens with zero attached hydrogens (tertiary/aromatic N) is 3. The Balaban J connectivity index is 1.84. The van der Waals surface area contributed by atoms with Crippen molar-refractivity contribution in [3.8, 4) is 0 Å². The third-order valence-electron chi connectivity index (χ3n) is 4.55. The first kappa shape index (κ1) is 15.7. The molecule has 0 bridgehead atoms. The molecule has 23 heavy (non-hydrogen) atoms. The average Bonchev–Trinajstić information content (AvgIpc) is 2.96. The molecule has 1 saturated heterocycles. The van der Waals surface area contributed by atoms with E-state index in [2.05, 4.69) is 10.00 Å². The number of halogens is 1. The molecule has 1 aliphatic rings. The minimum Gasteiger partial charge on any atom is -0.368 e. The van der Waals surface area contributed by atoms with Crippen LogP contribution in [0.4, 0.5) is 4.39 Å². The molecule has 1 aromatic heterocycles. The highest BCUT2D eigenvalue weighted by Crippen LogP contribution is 2.31. The van der Waals surface area contributed by atoms with Crippen LogP contribution in [0.25, 0.3) is 0 Å². The largest absolute Gasteiger partial charge is 0.368 e. The standard InChI is InChI=1S/C17H21FN4O/c1-21-15(8-9-20-21)13-3-2-10-22(11-13)16(17(19)23)12-4-6-14(18)7-5-12/h4-9,13,16H,2-3,10-11H2,1H3,(H2,19,23)/t13-,16-/m1/s1. The van der Waals surface area contributed by atoms with Crippen molar-refractivity contribution >= 4 is 5.91 Å². The van der Waals surface area contributed by atoms with Crippen LogP contribution in [0, 0.1) is 5.82 Å². The predicted molar refractivity (Wildman–Crippen MR) is 85.1 cm³/mol. The quantitative estimate of drug-likeness (QED) is 0.938. The normalized spacial score (nSPS) is 20.3. The first-order valence-electron chi connectivity index (χ1n) is 7.83. The number of aryl methyl sites for hydroxylation is 1. The Morgan fingerprint density at radius 3 is 2.70 bits per heavy atom. The van der Waals surface area contributed by atoms with E-state index in [-0.39, 0.29) is 5.82 Å². The maximum absolute atomic E-state index is 13.1. The van der Waals surface area contributed by atoms with E-state index in [0.29, 0.717) is 5.92 Å². The van der Waals surface area contributed by atoms with Crippen LogP contribution in [0.5, 0.6) is 0 Å². The molecule has 1 aliphatic heterocycles. The van der Waals surface area contributed by atoms with Crippen LogP contribution in [0.1, 0.15) is 36.1 Å². The Morgan fingerprint density at radius 2 is 2.09 bits per heavy atom. The van der Waals surface area contributed by atoms with Gasteiger partial charge in [-0.3, -0.25) is 14.4 Å². The van der Waals surface area contributed by atoms with Crippen LogP contribution < -0.4 is 5.73 Å². The number of carbonyl (C=O) groups is 1. The maximum atomic E-state index is 13.1. The van der Waals surface area contributed by atoms with E-state index in [1.165, 1.54) is 12.1 Å². The zero-order valence-electron chi connectivity index (χ0n) is 13.2. The molecular formula is C17H21FN4O. The number of likely N-dealkylation sites (tertiary alicyclic amines) is 1. The van der Waals surface area contributed by atoms with Gasteiger partial charge in [0, 0.05) is 31.4 Å². The van der Waals surface area contributed by atoms with Crippen molar-refractivity contribution in [3.63, 3.8) is 0 Å². The molecule has 2 N–H and O–H groups in total. The number of amides is 1. The van der Waals surface area contributed by atoms with Gasteiger partial charge in [-0.25, -0.2) is 4.39 Å². The first-order valence-corrected chi connectivity index (χ1v) is 7.83. The second-order valence-electron chi connectivity index (χ2n) is 6.07. The molecule has 0 aliphatic carbocycles. The van der Waals surface area contributed by atoms with Crippen molar-refractivity contribution in [1.82, 2.24) is 14.7 Å². The number of carbonyl (C=O) groups excluding carboxylic acids is 1. The van der Waals surface area contributed by atoms with Crippen molar-refractivity contribution in [1.29, 1.82) is 0 Å². The summed E-state index contributed by atoms with van der Waals surface area (Å²) in [5.74, 6) is -0.399. The lowest BCUT2D eigenvalue weighted by Gasteiger charge is -2.37. The van der Waals surface area contributed by atoms with Crippen molar-refractivity contribution in [2.45, 2.75) is 24.8 Å². The molecule has 122 valence electrons. The summed E-state index contributed by atoms with van der Waals surface area (Å²) in [7, 11) is 1.93. The van der Waals surface area contributed by atoms with Crippen molar-refractivity contribution in [2.24, 2.45) is 12.8 Å². The van der Waals surface area contributed by atoms with Gasteiger partial charge in [-0.15, -0.1) is 0 Å². The number of rotatable bonds is 4. The molecule has 0 unspecified atom stereocenters. The summed E-state index contributed by atoms with van der Waals surface area (Å²) >= 11 is 0. The Kier molecular flexibility index (Phi) is 4.43. The fourth-order valence-corrected chi connectivity index (χ4v) is 3.47. The van der Waals surface area contributed by atoms with Gasteiger partial charge in [-0.2, -0.15) is 5.10 Å². The highest BCUT2D eigenvalue weighted by molar-refractivity contribution is 5.81. The van der Waals surface area contributed by atoms with Gasteiger partial charge in [0.1, 0.15) is 11.9 Å². The Labute approximate surface area is 134 Å².